The fourth-order valence-corrected chi connectivity index (χ4v) is 4.04. The molecule has 2 aromatic carbocycles. The van der Waals surface area contributed by atoms with Gasteiger partial charge in [-0.05, 0) is 48.0 Å². The Kier molecular flexibility index (Phi) is 4.64. The quantitative estimate of drug-likeness (QED) is 0.439. The van der Waals surface area contributed by atoms with Crippen LogP contribution in [0.2, 0.25) is 5.02 Å². The van der Waals surface area contributed by atoms with Gasteiger partial charge in [0.15, 0.2) is 5.69 Å². The number of aromatic hydroxyl groups is 1. The molecule has 1 aliphatic rings. The van der Waals surface area contributed by atoms with E-state index in [1.807, 2.05) is 24.3 Å². The zero-order chi connectivity index (χ0) is 20.7. The SMILES string of the molecule is COc1ccc(C2=Nn3c(N=Nc4c(O)[nH]c5ccc(Cl)cc45)nnc3SC2)cc1. The van der Waals surface area contributed by atoms with Crippen LogP contribution in [0.5, 0.6) is 11.6 Å². The minimum absolute atomic E-state index is 0.105. The Morgan fingerprint density at radius 2 is 2.00 bits per heavy atom. The van der Waals surface area contributed by atoms with Gasteiger partial charge in [-0.25, -0.2) is 0 Å². The number of benzene rings is 2. The number of rotatable bonds is 4. The maximum absolute atomic E-state index is 10.2. The van der Waals surface area contributed by atoms with Crippen molar-refractivity contribution in [1.82, 2.24) is 19.9 Å². The smallest absolute Gasteiger partial charge is 0.291 e. The Bertz CT molecular complexity index is 1310. The first-order valence-corrected chi connectivity index (χ1v) is 10.2. The highest BCUT2D eigenvalue weighted by Gasteiger charge is 2.20. The molecular formula is C19H14ClN7O2S. The van der Waals surface area contributed by atoms with Crippen molar-refractivity contribution in [2.75, 3.05) is 12.9 Å². The second kappa shape index (κ2) is 7.47. The third-order valence-electron chi connectivity index (χ3n) is 4.53. The predicted molar refractivity (Wildman–Crippen MR) is 115 cm³/mol. The Morgan fingerprint density at radius 1 is 1.17 bits per heavy atom. The van der Waals surface area contributed by atoms with Gasteiger partial charge in [-0.1, -0.05) is 23.4 Å². The van der Waals surface area contributed by atoms with Gasteiger partial charge in [0.05, 0.1) is 18.3 Å². The van der Waals surface area contributed by atoms with Crippen LogP contribution < -0.4 is 4.74 Å². The summed E-state index contributed by atoms with van der Waals surface area (Å²) >= 11 is 7.57. The van der Waals surface area contributed by atoms with Gasteiger partial charge in [-0.2, -0.15) is 9.78 Å². The Balaban J connectivity index is 1.50. The van der Waals surface area contributed by atoms with E-state index >= 15 is 0 Å². The molecule has 0 atom stereocenters. The number of nitrogens with one attached hydrogen (secondary N) is 1. The molecule has 9 nitrogen and oxygen atoms in total. The molecule has 0 fully saturated rings. The molecule has 0 spiro atoms. The van der Waals surface area contributed by atoms with Gasteiger partial charge < -0.3 is 14.8 Å². The number of hydrogen-bond acceptors (Lipinski definition) is 8. The van der Waals surface area contributed by atoms with Crippen LogP contribution in [0.25, 0.3) is 10.9 Å². The van der Waals surface area contributed by atoms with E-state index in [1.165, 1.54) is 16.4 Å². The average molecular weight is 440 g/mol. The summed E-state index contributed by atoms with van der Waals surface area (Å²) in [5.74, 6) is 1.54. The number of azo groups is 1. The van der Waals surface area contributed by atoms with E-state index in [1.54, 1.807) is 25.3 Å². The maximum Gasteiger partial charge on any atom is 0.291 e. The van der Waals surface area contributed by atoms with Gasteiger partial charge in [-0.15, -0.1) is 20.4 Å². The maximum atomic E-state index is 10.2. The Hall–Kier alpha value is -3.37. The molecular weight excluding hydrogens is 426 g/mol. The molecule has 0 aliphatic carbocycles. The molecule has 5 rings (SSSR count). The number of halogens is 1. The zero-order valence-electron chi connectivity index (χ0n) is 15.6. The second-order valence-corrected chi connectivity index (χ2v) is 7.75. The number of thioether (sulfide) groups is 1. The number of aromatic nitrogens is 4. The van der Waals surface area contributed by atoms with E-state index in [9.17, 15) is 5.11 Å². The van der Waals surface area contributed by atoms with Gasteiger partial charge in [0, 0.05) is 16.2 Å². The lowest BCUT2D eigenvalue weighted by molar-refractivity contribution is 0.415. The van der Waals surface area contributed by atoms with Crippen LogP contribution in [0, 0.1) is 0 Å². The van der Waals surface area contributed by atoms with Crippen molar-refractivity contribution in [3.05, 3.63) is 53.1 Å². The van der Waals surface area contributed by atoms with Gasteiger partial charge in [-0.3, -0.25) is 0 Å². The number of ether oxygens (including phenoxy) is 1. The van der Waals surface area contributed by atoms with Crippen LogP contribution in [0.4, 0.5) is 11.6 Å². The number of nitrogens with zero attached hydrogens (tertiary/aromatic N) is 6. The molecule has 0 unspecified atom stereocenters. The van der Waals surface area contributed by atoms with E-state index in [0.717, 1.165) is 17.0 Å². The Labute approximate surface area is 179 Å². The molecule has 1 aliphatic heterocycles. The lowest BCUT2D eigenvalue weighted by Crippen LogP contribution is -2.12. The van der Waals surface area contributed by atoms with Gasteiger partial charge >= 0.3 is 0 Å². The highest BCUT2D eigenvalue weighted by atomic mass is 35.5. The summed E-state index contributed by atoms with van der Waals surface area (Å²) in [6, 6.07) is 12.9. The van der Waals surface area contributed by atoms with Gasteiger partial charge in [0.1, 0.15) is 5.75 Å². The van der Waals surface area contributed by atoms with Crippen LogP contribution in [0.3, 0.4) is 0 Å². The number of methoxy groups -OCH3 is 1. The number of H-pyrrole nitrogens is 1. The molecule has 30 heavy (non-hydrogen) atoms. The molecule has 0 radical (unpaired) electrons. The minimum Gasteiger partial charge on any atom is -0.497 e. The van der Waals surface area contributed by atoms with Crippen LogP contribution in [-0.4, -0.2) is 43.5 Å². The number of hydrogen-bond donors (Lipinski definition) is 2. The summed E-state index contributed by atoms with van der Waals surface area (Å²) in [6.45, 7) is 0. The summed E-state index contributed by atoms with van der Waals surface area (Å²) in [5.41, 5.74) is 2.79. The summed E-state index contributed by atoms with van der Waals surface area (Å²) in [5, 5.41) is 33.1. The summed E-state index contributed by atoms with van der Waals surface area (Å²) < 4.78 is 6.74. The molecule has 2 N–H and O–H groups in total. The molecule has 3 heterocycles. The first-order valence-electron chi connectivity index (χ1n) is 8.85. The second-order valence-electron chi connectivity index (χ2n) is 6.37. The molecule has 0 saturated heterocycles. The fourth-order valence-electron chi connectivity index (χ4n) is 3.04. The van der Waals surface area contributed by atoms with Crippen molar-refractivity contribution >= 4 is 51.6 Å². The lowest BCUT2D eigenvalue weighted by atomic mass is 10.1. The number of fused-ring (bicyclic) bond motifs is 2. The van der Waals surface area contributed by atoms with E-state index < -0.39 is 0 Å². The number of aromatic amines is 1. The molecule has 4 aromatic rings. The average Bonchev–Trinajstić information content (AvgIpc) is 3.31. The van der Waals surface area contributed by atoms with E-state index in [-0.39, 0.29) is 17.5 Å². The Morgan fingerprint density at radius 3 is 2.80 bits per heavy atom. The topological polar surface area (TPSA) is 113 Å². The summed E-state index contributed by atoms with van der Waals surface area (Å²) in [6.07, 6.45) is 0. The summed E-state index contributed by atoms with van der Waals surface area (Å²) in [4.78, 5) is 2.84. The van der Waals surface area contributed by atoms with Crippen LogP contribution in [0.15, 0.2) is 63.0 Å². The third kappa shape index (κ3) is 3.29. The first kappa shape index (κ1) is 18.6. The standard InChI is InChI=1S/C19H14ClN7O2S/c1-29-12-5-2-10(3-6-12)15-9-30-19-25-24-18(27(19)26-15)23-22-16-13-8-11(20)4-7-14(13)21-17(16)28/h2-8,21,28H,9H2,1H3. The normalized spacial score (nSPS) is 13.6. The van der Waals surface area contributed by atoms with Crippen molar-refractivity contribution in [3.8, 4) is 11.6 Å². The summed E-state index contributed by atoms with van der Waals surface area (Å²) in [7, 11) is 1.63. The molecule has 0 amide bonds. The van der Waals surface area contributed by atoms with Crippen LogP contribution in [-0.2, 0) is 0 Å². The van der Waals surface area contributed by atoms with Crippen molar-refractivity contribution in [1.29, 1.82) is 0 Å². The molecule has 11 heteroatoms. The van der Waals surface area contributed by atoms with E-state index in [4.69, 9.17) is 16.3 Å². The van der Waals surface area contributed by atoms with Crippen molar-refractivity contribution in [3.63, 3.8) is 0 Å². The highest BCUT2D eigenvalue weighted by Crippen LogP contribution is 2.37. The van der Waals surface area contributed by atoms with Crippen molar-refractivity contribution in [2.24, 2.45) is 15.3 Å². The monoisotopic (exact) mass is 439 g/mol. The molecule has 0 bridgehead atoms. The van der Waals surface area contributed by atoms with Crippen molar-refractivity contribution < 1.29 is 9.84 Å². The molecule has 2 aromatic heterocycles. The largest absolute Gasteiger partial charge is 0.497 e. The van der Waals surface area contributed by atoms with Crippen LogP contribution in [0.1, 0.15) is 5.56 Å². The van der Waals surface area contributed by atoms with E-state index in [0.29, 0.717) is 26.8 Å². The molecule has 0 saturated carbocycles. The third-order valence-corrected chi connectivity index (χ3v) is 5.70. The van der Waals surface area contributed by atoms with Crippen LogP contribution >= 0.6 is 23.4 Å². The molecule has 150 valence electrons. The van der Waals surface area contributed by atoms with E-state index in [2.05, 4.69) is 30.5 Å². The highest BCUT2D eigenvalue weighted by molar-refractivity contribution is 7.99. The lowest BCUT2D eigenvalue weighted by Gasteiger charge is -2.12. The van der Waals surface area contributed by atoms with Crippen molar-refractivity contribution in [2.45, 2.75) is 5.16 Å². The van der Waals surface area contributed by atoms with Gasteiger partial charge in [0.2, 0.25) is 11.0 Å². The predicted octanol–water partition coefficient (Wildman–Crippen LogP) is 4.90. The zero-order valence-corrected chi connectivity index (χ0v) is 17.1. The fraction of sp³-hybridized carbons (Fsp3) is 0.105. The minimum atomic E-state index is -0.105. The van der Waals surface area contributed by atoms with Gasteiger partial charge in [0.25, 0.3) is 5.95 Å². The first-order chi connectivity index (χ1) is 14.6.